The number of ether oxygens (including phenoxy) is 1. The summed E-state index contributed by atoms with van der Waals surface area (Å²) in [5.74, 6) is 2.24. The van der Waals surface area contributed by atoms with Crippen molar-refractivity contribution in [2.24, 2.45) is 0 Å². The molecule has 2 aromatic rings. The molecule has 0 unspecified atom stereocenters. The number of aromatic nitrogens is 3. The Balaban J connectivity index is 2.49. The zero-order chi connectivity index (χ0) is 15.4. The van der Waals surface area contributed by atoms with Crippen LogP contribution >= 0.6 is 0 Å². The molecule has 0 saturated carbocycles. The first kappa shape index (κ1) is 15.0. The van der Waals surface area contributed by atoms with Crippen molar-refractivity contribution in [1.29, 1.82) is 0 Å². The van der Waals surface area contributed by atoms with Gasteiger partial charge in [0.15, 0.2) is 5.82 Å². The average molecular weight is 287 g/mol. The molecule has 21 heavy (non-hydrogen) atoms. The van der Waals surface area contributed by atoms with Crippen molar-refractivity contribution in [3.63, 3.8) is 0 Å². The first-order valence-corrected chi connectivity index (χ1v) is 7.00. The zero-order valence-electron chi connectivity index (χ0n) is 12.9. The minimum absolute atomic E-state index is 0.233. The van der Waals surface area contributed by atoms with Crippen molar-refractivity contribution >= 4 is 11.9 Å². The molecule has 0 fully saturated rings. The van der Waals surface area contributed by atoms with Crippen LogP contribution in [0, 0.1) is 6.92 Å². The lowest BCUT2D eigenvalue weighted by atomic mass is 10.1. The summed E-state index contributed by atoms with van der Waals surface area (Å²) in [6, 6.07) is 5.78. The minimum atomic E-state index is 0.233. The topological polar surface area (TPSA) is 77.2 Å². The fourth-order valence-electron chi connectivity index (χ4n) is 2.16. The van der Waals surface area contributed by atoms with Crippen LogP contribution in [-0.2, 0) is 0 Å². The largest absolute Gasteiger partial charge is 0.497 e. The summed E-state index contributed by atoms with van der Waals surface area (Å²) in [6.45, 7) is 7.75. The molecular weight excluding hydrogens is 266 g/mol. The molecule has 0 aliphatic heterocycles. The van der Waals surface area contributed by atoms with Crippen molar-refractivity contribution in [2.75, 3.05) is 30.8 Å². The highest BCUT2D eigenvalue weighted by Crippen LogP contribution is 2.25. The molecule has 0 bridgehead atoms. The number of aryl methyl sites for hydroxylation is 1. The highest BCUT2D eigenvalue weighted by Gasteiger charge is 2.13. The van der Waals surface area contributed by atoms with Crippen LogP contribution in [0.5, 0.6) is 5.75 Å². The van der Waals surface area contributed by atoms with Crippen LogP contribution in [0.15, 0.2) is 18.2 Å². The number of methoxy groups -OCH3 is 1. The van der Waals surface area contributed by atoms with Crippen LogP contribution in [0.25, 0.3) is 11.4 Å². The van der Waals surface area contributed by atoms with Gasteiger partial charge in [0.05, 0.1) is 7.11 Å². The van der Waals surface area contributed by atoms with Gasteiger partial charge in [-0.05, 0) is 44.5 Å². The van der Waals surface area contributed by atoms with E-state index in [2.05, 4.69) is 28.8 Å². The van der Waals surface area contributed by atoms with Gasteiger partial charge in [0.2, 0.25) is 11.9 Å². The summed E-state index contributed by atoms with van der Waals surface area (Å²) in [6.07, 6.45) is 0. The molecule has 2 rings (SSSR count). The summed E-state index contributed by atoms with van der Waals surface area (Å²) in [7, 11) is 1.65. The van der Waals surface area contributed by atoms with Crippen molar-refractivity contribution in [3.8, 4) is 17.1 Å². The Morgan fingerprint density at radius 3 is 2.43 bits per heavy atom. The molecule has 0 aliphatic rings. The molecule has 6 nitrogen and oxygen atoms in total. The maximum Gasteiger partial charge on any atom is 0.230 e. The van der Waals surface area contributed by atoms with E-state index < -0.39 is 0 Å². The third-order valence-corrected chi connectivity index (χ3v) is 3.36. The smallest absolute Gasteiger partial charge is 0.230 e. The molecule has 0 amide bonds. The van der Waals surface area contributed by atoms with Gasteiger partial charge < -0.3 is 15.4 Å². The van der Waals surface area contributed by atoms with E-state index in [4.69, 9.17) is 10.5 Å². The third-order valence-electron chi connectivity index (χ3n) is 3.36. The number of hydrogen-bond acceptors (Lipinski definition) is 6. The first-order valence-electron chi connectivity index (χ1n) is 7.00. The van der Waals surface area contributed by atoms with E-state index in [0.29, 0.717) is 11.8 Å². The van der Waals surface area contributed by atoms with E-state index in [0.717, 1.165) is 30.0 Å². The highest BCUT2D eigenvalue weighted by atomic mass is 16.5. The molecule has 0 aliphatic carbocycles. The second-order valence-corrected chi connectivity index (χ2v) is 4.67. The van der Waals surface area contributed by atoms with Crippen molar-refractivity contribution in [1.82, 2.24) is 15.0 Å². The maximum atomic E-state index is 5.84. The molecule has 0 atom stereocenters. The van der Waals surface area contributed by atoms with Crippen LogP contribution in [0.4, 0.5) is 11.9 Å². The average Bonchev–Trinajstić information content (AvgIpc) is 2.47. The number of rotatable bonds is 5. The van der Waals surface area contributed by atoms with Crippen molar-refractivity contribution in [2.45, 2.75) is 20.8 Å². The number of anilines is 2. The Bertz CT molecular complexity index is 625. The molecule has 2 N–H and O–H groups in total. The van der Waals surface area contributed by atoms with Crippen LogP contribution in [0.2, 0.25) is 0 Å². The quantitative estimate of drug-likeness (QED) is 0.909. The molecule has 6 heteroatoms. The maximum absolute atomic E-state index is 5.84. The van der Waals surface area contributed by atoms with Gasteiger partial charge in [-0.1, -0.05) is 0 Å². The predicted octanol–water partition coefficient (Wildman–Crippen LogP) is 2.28. The Hall–Kier alpha value is -2.37. The Morgan fingerprint density at radius 2 is 1.86 bits per heavy atom. The number of nitrogen functional groups attached to an aromatic ring is 1. The van der Waals surface area contributed by atoms with Gasteiger partial charge in [-0.3, -0.25) is 0 Å². The lowest BCUT2D eigenvalue weighted by Crippen LogP contribution is -2.25. The fourth-order valence-corrected chi connectivity index (χ4v) is 2.16. The molecule has 1 heterocycles. The van der Waals surface area contributed by atoms with Gasteiger partial charge in [-0.2, -0.15) is 15.0 Å². The zero-order valence-corrected chi connectivity index (χ0v) is 12.9. The van der Waals surface area contributed by atoms with Crippen LogP contribution in [-0.4, -0.2) is 35.2 Å². The van der Waals surface area contributed by atoms with E-state index in [1.54, 1.807) is 7.11 Å². The van der Waals surface area contributed by atoms with E-state index in [1.165, 1.54) is 0 Å². The molecular formula is C15H21N5O. The fraction of sp³-hybridized carbons (Fsp3) is 0.400. The van der Waals surface area contributed by atoms with Crippen molar-refractivity contribution < 1.29 is 4.74 Å². The molecule has 112 valence electrons. The van der Waals surface area contributed by atoms with E-state index in [9.17, 15) is 0 Å². The number of hydrogen-bond donors (Lipinski definition) is 1. The van der Waals surface area contributed by atoms with Gasteiger partial charge >= 0.3 is 0 Å². The van der Waals surface area contributed by atoms with Gasteiger partial charge in [0.1, 0.15) is 5.75 Å². The predicted molar refractivity (Wildman–Crippen MR) is 84.5 cm³/mol. The third kappa shape index (κ3) is 3.21. The van der Waals surface area contributed by atoms with Crippen molar-refractivity contribution in [3.05, 3.63) is 23.8 Å². The molecule has 0 radical (unpaired) electrons. The summed E-state index contributed by atoms with van der Waals surface area (Å²) in [5.41, 5.74) is 7.80. The molecule has 0 saturated heterocycles. The van der Waals surface area contributed by atoms with Crippen LogP contribution in [0.3, 0.4) is 0 Å². The SMILES string of the molecule is CCN(CC)c1nc(N)nc(-c2ccc(OC)cc2C)n1. The summed E-state index contributed by atoms with van der Waals surface area (Å²) in [5, 5.41) is 0. The van der Waals surface area contributed by atoms with Gasteiger partial charge in [-0.15, -0.1) is 0 Å². The summed E-state index contributed by atoms with van der Waals surface area (Å²) >= 11 is 0. The standard InChI is InChI=1S/C15H21N5O/c1-5-20(6-2)15-18-13(17-14(16)19-15)12-8-7-11(21-4)9-10(12)3/h7-9H,5-6H2,1-4H3,(H2,16,17,18,19). The lowest BCUT2D eigenvalue weighted by Gasteiger charge is -2.19. The normalized spacial score (nSPS) is 10.5. The van der Waals surface area contributed by atoms with Gasteiger partial charge in [-0.25, -0.2) is 0 Å². The lowest BCUT2D eigenvalue weighted by molar-refractivity contribution is 0.414. The van der Waals surface area contributed by atoms with Crippen LogP contribution < -0.4 is 15.4 Å². The van der Waals surface area contributed by atoms with Gasteiger partial charge in [0, 0.05) is 18.7 Å². The number of nitrogens with zero attached hydrogens (tertiary/aromatic N) is 4. The highest BCUT2D eigenvalue weighted by molar-refractivity contribution is 5.63. The monoisotopic (exact) mass is 287 g/mol. The molecule has 1 aromatic carbocycles. The Morgan fingerprint density at radius 1 is 1.14 bits per heavy atom. The summed E-state index contributed by atoms with van der Waals surface area (Å²) < 4.78 is 5.22. The van der Waals surface area contributed by atoms with E-state index >= 15 is 0 Å². The minimum Gasteiger partial charge on any atom is -0.497 e. The number of nitrogens with two attached hydrogens (primary N) is 1. The van der Waals surface area contributed by atoms with E-state index in [1.807, 2.05) is 30.0 Å². The second-order valence-electron chi connectivity index (χ2n) is 4.67. The van der Waals surface area contributed by atoms with Crippen LogP contribution in [0.1, 0.15) is 19.4 Å². The van der Waals surface area contributed by atoms with E-state index in [-0.39, 0.29) is 5.95 Å². The van der Waals surface area contributed by atoms with Gasteiger partial charge in [0.25, 0.3) is 0 Å². The summed E-state index contributed by atoms with van der Waals surface area (Å²) in [4.78, 5) is 15.1. The molecule has 1 aromatic heterocycles. The Kier molecular flexibility index (Phi) is 4.57. The number of benzene rings is 1. The second kappa shape index (κ2) is 6.39. The molecule has 0 spiro atoms. The Labute approximate surface area is 125 Å². The first-order chi connectivity index (χ1) is 10.1.